The van der Waals surface area contributed by atoms with E-state index in [1.54, 1.807) is 0 Å². The number of benzene rings is 1. The number of hydrogen-bond acceptors (Lipinski definition) is 4. The zero-order valence-electron chi connectivity index (χ0n) is 14.8. The summed E-state index contributed by atoms with van der Waals surface area (Å²) < 4.78 is 12.1. The first-order chi connectivity index (χ1) is 12.3. The molecule has 5 nitrogen and oxygen atoms in total. The summed E-state index contributed by atoms with van der Waals surface area (Å²) in [5.74, 6) is 0.137. The van der Waals surface area contributed by atoms with E-state index in [1.165, 1.54) is 5.56 Å². The monoisotopic (exact) mass is 344 g/mol. The van der Waals surface area contributed by atoms with Crippen molar-refractivity contribution in [2.24, 2.45) is 0 Å². The number of morpholine rings is 1. The summed E-state index contributed by atoms with van der Waals surface area (Å²) >= 11 is 0. The molecule has 0 bridgehead atoms. The molecule has 5 heteroatoms. The van der Waals surface area contributed by atoms with E-state index in [0.717, 1.165) is 58.5 Å². The second-order valence-corrected chi connectivity index (χ2v) is 7.37. The number of amides is 1. The molecule has 0 aromatic heterocycles. The van der Waals surface area contributed by atoms with Crippen LogP contribution in [0, 0.1) is 0 Å². The molecule has 1 aromatic rings. The summed E-state index contributed by atoms with van der Waals surface area (Å²) in [7, 11) is 0. The van der Waals surface area contributed by atoms with Crippen molar-refractivity contribution in [3.05, 3.63) is 35.9 Å². The normalized spacial score (nSPS) is 29.8. The second-order valence-electron chi connectivity index (χ2n) is 7.37. The first-order valence-electron chi connectivity index (χ1n) is 9.60. The average molecular weight is 344 g/mol. The number of nitrogens with zero attached hydrogens (tertiary/aromatic N) is 2. The Morgan fingerprint density at radius 1 is 1.12 bits per heavy atom. The molecule has 25 heavy (non-hydrogen) atoms. The molecule has 4 rings (SSSR count). The zero-order valence-corrected chi connectivity index (χ0v) is 14.8. The number of rotatable bonds is 5. The van der Waals surface area contributed by atoms with Gasteiger partial charge in [-0.3, -0.25) is 9.69 Å². The lowest BCUT2D eigenvalue weighted by atomic mass is 10.1. The van der Waals surface area contributed by atoms with Gasteiger partial charge in [-0.25, -0.2) is 0 Å². The van der Waals surface area contributed by atoms with E-state index >= 15 is 0 Å². The van der Waals surface area contributed by atoms with Crippen LogP contribution in [0.15, 0.2) is 30.3 Å². The van der Waals surface area contributed by atoms with Crippen LogP contribution in [-0.2, 0) is 20.8 Å². The fourth-order valence-electron chi connectivity index (χ4n) is 4.42. The van der Waals surface area contributed by atoms with Crippen LogP contribution in [0.1, 0.15) is 31.2 Å². The molecular formula is C20H28N2O3. The summed E-state index contributed by atoms with van der Waals surface area (Å²) in [5.41, 5.74) is 1.34. The van der Waals surface area contributed by atoms with Crippen molar-refractivity contribution in [2.75, 3.05) is 32.8 Å². The Hall–Kier alpha value is -1.43. The van der Waals surface area contributed by atoms with Crippen LogP contribution in [0.4, 0.5) is 0 Å². The molecule has 0 unspecified atom stereocenters. The van der Waals surface area contributed by atoms with Crippen molar-refractivity contribution in [1.82, 2.24) is 9.80 Å². The molecule has 2 saturated heterocycles. The first-order valence-corrected chi connectivity index (χ1v) is 9.60. The number of hydrogen-bond donors (Lipinski definition) is 0. The third-order valence-electron chi connectivity index (χ3n) is 5.76. The summed E-state index contributed by atoms with van der Waals surface area (Å²) in [6, 6.07) is 11.0. The molecule has 0 N–H and O–H groups in total. The van der Waals surface area contributed by atoms with Gasteiger partial charge >= 0.3 is 0 Å². The first kappa shape index (κ1) is 17.0. The molecule has 136 valence electrons. The van der Waals surface area contributed by atoms with E-state index < -0.39 is 0 Å². The van der Waals surface area contributed by atoms with Gasteiger partial charge in [-0.1, -0.05) is 30.3 Å². The van der Waals surface area contributed by atoms with Gasteiger partial charge in [0.2, 0.25) is 5.91 Å². The number of fused-ring (bicyclic) bond motifs is 1. The van der Waals surface area contributed by atoms with Crippen molar-refractivity contribution in [3.8, 4) is 0 Å². The average Bonchev–Trinajstić information content (AvgIpc) is 3.31. The molecule has 0 spiro atoms. The maximum atomic E-state index is 12.2. The molecule has 2 aliphatic heterocycles. The largest absolute Gasteiger partial charge is 0.373 e. The Bertz CT molecular complexity index is 574. The van der Waals surface area contributed by atoms with Gasteiger partial charge in [0.25, 0.3) is 0 Å². The Morgan fingerprint density at radius 3 is 2.72 bits per heavy atom. The van der Waals surface area contributed by atoms with E-state index in [2.05, 4.69) is 35.2 Å². The fraction of sp³-hybridized carbons (Fsp3) is 0.650. The predicted octanol–water partition coefficient (Wildman–Crippen LogP) is 2.06. The highest BCUT2D eigenvalue weighted by Gasteiger charge is 2.43. The van der Waals surface area contributed by atoms with Crippen LogP contribution in [0.3, 0.4) is 0 Å². The predicted molar refractivity (Wildman–Crippen MR) is 95.2 cm³/mol. The summed E-state index contributed by atoms with van der Waals surface area (Å²) in [4.78, 5) is 16.7. The summed E-state index contributed by atoms with van der Waals surface area (Å²) in [6.45, 7) is 4.66. The molecule has 1 aromatic carbocycles. The zero-order chi connectivity index (χ0) is 17.1. The van der Waals surface area contributed by atoms with Gasteiger partial charge in [0.1, 0.15) is 6.61 Å². The van der Waals surface area contributed by atoms with Crippen LogP contribution in [0.25, 0.3) is 0 Å². The van der Waals surface area contributed by atoms with Gasteiger partial charge in [-0.2, -0.15) is 0 Å². The van der Waals surface area contributed by atoms with Crippen LogP contribution in [0.2, 0.25) is 0 Å². The van der Waals surface area contributed by atoms with E-state index in [0.29, 0.717) is 6.04 Å². The smallest absolute Gasteiger partial charge is 0.248 e. The summed E-state index contributed by atoms with van der Waals surface area (Å²) in [6.07, 6.45) is 4.46. The van der Waals surface area contributed by atoms with Gasteiger partial charge in [0.15, 0.2) is 0 Å². The molecule has 3 fully saturated rings. The van der Waals surface area contributed by atoms with Gasteiger partial charge in [-0.15, -0.1) is 0 Å². The van der Waals surface area contributed by atoms with Crippen molar-refractivity contribution in [3.63, 3.8) is 0 Å². The van der Waals surface area contributed by atoms with Crippen LogP contribution >= 0.6 is 0 Å². The lowest BCUT2D eigenvalue weighted by molar-refractivity contribution is -0.145. The lowest BCUT2D eigenvalue weighted by Crippen LogP contribution is -2.51. The van der Waals surface area contributed by atoms with Gasteiger partial charge < -0.3 is 14.4 Å². The molecule has 3 atom stereocenters. The minimum Gasteiger partial charge on any atom is -0.373 e. The number of carbonyl (C=O) groups is 1. The molecule has 3 aliphatic rings. The Balaban J connectivity index is 1.32. The van der Waals surface area contributed by atoms with Crippen molar-refractivity contribution < 1.29 is 14.3 Å². The number of ether oxygens (including phenoxy) is 2. The molecular weight excluding hydrogens is 316 g/mol. The molecule has 0 radical (unpaired) electrons. The van der Waals surface area contributed by atoms with E-state index in [9.17, 15) is 4.79 Å². The highest BCUT2D eigenvalue weighted by molar-refractivity contribution is 5.77. The maximum absolute atomic E-state index is 12.2. The van der Waals surface area contributed by atoms with E-state index in [1.807, 2.05) is 4.90 Å². The van der Waals surface area contributed by atoms with Crippen LogP contribution in [-0.4, -0.2) is 66.8 Å². The Morgan fingerprint density at radius 2 is 1.92 bits per heavy atom. The molecule has 2 heterocycles. The number of likely N-dealkylation sites (tertiary alicyclic amines) is 1. The summed E-state index contributed by atoms with van der Waals surface area (Å²) in [5, 5.41) is 0. The highest BCUT2D eigenvalue weighted by atomic mass is 16.5. The Kier molecular flexibility index (Phi) is 5.34. The molecule has 1 amide bonds. The third-order valence-corrected chi connectivity index (χ3v) is 5.76. The number of carbonyl (C=O) groups excluding carboxylic acids is 1. The van der Waals surface area contributed by atoms with Crippen molar-refractivity contribution in [2.45, 2.75) is 50.5 Å². The Labute approximate surface area is 149 Å². The van der Waals surface area contributed by atoms with E-state index in [-0.39, 0.29) is 24.7 Å². The maximum Gasteiger partial charge on any atom is 0.248 e. The minimum atomic E-state index is 0.0510. The second kappa shape index (κ2) is 7.85. The topological polar surface area (TPSA) is 42.0 Å². The molecule has 1 saturated carbocycles. The van der Waals surface area contributed by atoms with Crippen molar-refractivity contribution >= 4 is 5.91 Å². The third kappa shape index (κ3) is 3.89. The van der Waals surface area contributed by atoms with E-state index in [4.69, 9.17) is 9.47 Å². The van der Waals surface area contributed by atoms with Gasteiger partial charge in [0.05, 0.1) is 18.8 Å². The van der Waals surface area contributed by atoms with Crippen LogP contribution < -0.4 is 0 Å². The van der Waals surface area contributed by atoms with Gasteiger partial charge in [-0.05, 0) is 31.2 Å². The molecule has 1 aliphatic carbocycles. The lowest BCUT2D eigenvalue weighted by Gasteiger charge is -2.39. The minimum absolute atomic E-state index is 0.0510. The fourth-order valence-corrected chi connectivity index (χ4v) is 4.42. The van der Waals surface area contributed by atoms with Crippen molar-refractivity contribution in [1.29, 1.82) is 0 Å². The van der Waals surface area contributed by atoms with Crippen LogP contribution in [0.5, 0.6) is 0 Å². The quantitative estimate of drug-likeness (QED) is 0.820. The standard InChI is InChI=1S/C20H28N2O3/c23-19(21-10-4-5-11-21)15-25-18-9-8-17-20(18)24-13-12-22(17)14-16-6-2-1-3-7-16/h1-3,6-7,17-18,20H,4-5,8-15H2/t17-,18+,20+/m0/s1. The highest BCUT2D eigenvalue weighted by Crippen LogP contribution is 2.33. The van der Waals surface area contributed by atoms with Gasteiger partial charge in [0, 0.05) is 32.2 Å². The SMILES string of the molecule is O=C(CO[C@@H]1CC[C@H]2[C@H]1OCCN2Cc1ccccc1)N1CCCC1.